The van der Waals surface area contributed by atoms with Gasteiger partial charge in [0.15, 0.2) is 0 Å². The van der Waals surface area contributed by atoms with E-state index in [4.69, 9.17) is 5.73 Å². The molecule has 0 saturated carbocycles. The highest BCUT2D eigenvalue weighted by Gasteiger charge is 2.15. The molecule has 1 aromatic heterocycles. The summed E-state index contributed by atoms with van der Waals surface area (Å²) in [4.78, 5) is 0. The Hall–Kier alpha value is -1.42. The van der Waals surface area contributed by atoms with E-state index in [-0.39, 0.29) is 11.6 Å². The maximum atomic E-state index is 13.7. The number of nitrogens with zero attached hydrogens (tertiary/aromatic N) is 1. The Kier molecular flexibility index (Phi) is 2.92. The van der Waals surface area contributed by atoms with E-state index in [0.717, 1.165) is 17.7 Å². The molecule has 1 aromatic carbocycles. The van der Waals surface area contributed by atoms with Gasteiger partial charge in [0, 0.05) is 18.1 Å². The van der Waals surface area contributed by atoms with Crippen molar-refractivity contribution in [1.29, 1.82) is 0 Å². The maximum Gasteiger partial charge on any atom is 0.147 e. The van der Waals surface area contributed by atoms with Crippen LogP contribution in [0.25, 0.3) is 10.9 Å². The van der Waals surface area contributed by atoms with Crippen LogP contribution >= 0.6 is 0 Å². The van der Waals surface area contributed by atoms with Gasteiger partial charge in [0.1, 0.15) is 11.6 Å². The van der Waals surface area contributed by atoms with Gasteiger partial charge in [-0.1, -0.05) is 0 Å². The van der Waals surface area contributed by atoms with Crippen molar-refractivity contribution in [3.8, 4) is 0 Å². The summed E-state index contributed by atoms with van der Waals surface area (Å²) in [5.41, 5.74) is 6.58. The van der Waals surface area contributed by atoms with Gasteiger partial charge in [-0.15, -0.1) is 0 Å². The fourth-order valence-electron chi connectivity index (χ4n) is 2.04. The van der Waals surface area contributed by atoms with E-state index in [9.17, 15) is 8.78 Å². The molecule has 0 radical (unpaired) electrons. The molecule has 0 aliphatic rings. The first-order valence-electron chi connectivity index (χ1n) is 5.34. The second-order valence-electron chi connectivity index (χ2n) is 3.73. The third-order valence-electron chi connectivity index (χ3n) is 2.75. The Morgan fingerprint density at radius 3 is 2.56 bits per heavy atom. The maximum absolute atomic E-state index is 13.7. The van der Waals surface area contributed by atoms with Crippen LogP contribution in [-0.4, -0.2) is 11.1 Å². The Balaban J connectivity index is 2.78. The first kappa shape index (κ1) is 11.1. The van der Waals surface area contributed by atoms with Crippen LogP contribution in [0.15, 0.2) is 18.3 Å². The Labute approximate surface area is 92.7 Å². The van der Waals surface area contributed by atoms with Gasteiger partial charge in [0.05, 0.1) is 5.52 Å². The van der Waals surface area contributed by atoms with Crippen LogP contribution in [0, 0.1) is 11.6 Å². The number of benzene rings is 1. The minimum atomic E-state index is -0.387. The third-order valence-corrected chi connectivity index (χ3v) is 2.75. The molecule has 0 spiro atoms. The quantitative estimate of drug-likeness (QED) is 0.853. The number of fused-ring (bicyclic) bond motifs is 1. The Bertz CT molecular complexity index is 517. The summed E-state index contributed by atoms with van der Waals surface area (Å²) in [6, 6.07) is 2.33. The molecule has 4 heteroatoms. The molecule has 2 N–H and O–H groups in total. The molecular weight excluding hydrogens is 210 g/mol. The Morgan fingerprint density at radius 2 is 1.94 bits per heavy atom. The number of nitrogens with two attached hydrogens (primary N) is 1. The first-order valence-corrected chi connectivity index (χ1v) is 5.34. The normalized spacial score (nSPS) is 11.2. The zero-order valence-electron chi connectivity index (χ0n) is 9.13. The van der Waals surface area contributed by atoms with Crippen molar-refractivity contribution in [2.45, 2.75) is 19.9 Å². The van der Waals surface area contributed by atoms with Crippen molar-refractivity contribution in [2.75, 3.05) is 6.54 Å². The molecule has 2 rings (SSSR count). The number of halogens is 2. The molecule has 1 heterocycles. The second-order valence-corrected chi connectivity index (χ2v) is 3.73. The van der Waals surface area contributed by atoms with E-state index in [2.05, 4.69) is 0 Å². The van der Waals surface area contributed by atoms with Gasteiger partial charge in [0.25, 0.3) is 0 Å². The van der Waals surface area contributed by atoms with E-state index >= 15 is 0 Å². The lowest BCUT2D eigenvalue weighted by atomic mass is 10.1. The fraction of sp³-hybridized carbons (Fsp3) is 0.333. The standard InChI is InChI=1S/C12H14F2N2/c1-2-16-7-8(5-6-15)11-9(13)3-4-10(14)12(11)16/h3-4,7H,2,5-6,15H2,1H3. The highest BCUT2D eigenvalue weighted by atomic mass is 19.1. The second kappa shape index (κ2) is 4.22. The largest absolute Gasteiger partial charge is 0.345 e. The van der Waals surface area contributed by atoms with E-state index < -0.39 is 0 Å². The molecule has 0 aliphatic carbocycles. The lowest BCUT2D eigenvalue weighted by molar-refractivity contribution is 0.609. The van der Waals surface area contributed by atoms with Crippen LogP contribution in [0.4, 0.5) is 8.78 Å². The average Bonchev–Trinajstić information content (AvgIpc) is 2.64. The number of hydrogen-bond donors (Lipinski definition) is 1. The van der Waals surface area contributed by atoms with Crippen molar-refractivity contribution in [2.24, 2.45) is 5.73 Å². The van der Waals surface area contributed by atoms with Crippen LogP contribution in [0.1, 0.15) is 12.5 Å². The van der Waals surface area contributed by atoms with E-state index in [1.54, 1.807) is 10.8 Å². The van der Waals surface area contributed by atoms with Gasteiger partial charge < -0.3 is 10.3 Å². The topological polar surface area (TPSA) is 30.9 Å². The molecule has 0 amide bonds. The van der Waals surface area contributed by atoms with Crippen LogP contribution in [0.3, 0.4) is 0 Å². The molecular formula is C12H14F2N2. The monoisotopic (exact) mass is 224 g/mol. The number of rotatable bonds is 3. The van der Waals surface area contributed by atoms with Crippen LogP contribution in [0.2, 0.25) is 0 Å². The average molecular weight is 224 g/mol. The van der Waals surface area contributed by atoms with Crippen molar-refractivity contribution < 1.29 is 8.78 Å². The lowest BCUT2D eigenvalue weighted by Crippen LogP contribution is -2.02. The Morgan fingerprint density at radius 1 is 1.25 bits per heavy atom. The van der Waals surface area contributed by atoms with Gasteiger partial charge in [-0.05, 0) is 37.6 Å². The minimum Gasteiger partial charge on any atom is -0.345 e. The highest BCUT2D eigenvalue weighted by Crippen LogP contribution is 2.27. The van der Waals surface area contributed by atoms with Gasteiger partial charge in [0.2, 0.25) is 0 Å². The molecule has 0 aliphatic heterocycles. The van der Waals surface area contributed by atoms with Crippen molar-refractivity contribution in [3.05, 3.63) is 35.5 Å². The summed E-state index contributed by atoms with van der Waals surface area (Å²) in [5.74, 6) is -0.770. The van der Waals surface area contributed by atoms with Gasteiger partial charge in [-0.3, -0.25) is 0 Å². The molecule has 0 unspecified atom stereocenters. The van der Waals surface area contributed by atoms with E-state index in [0.29, 0.717) is 30.4 Å². The van der Waals surface area contributed by atoms with Gasteiger partial charge in [-0.2, -0.15) is 0 Å². The van der Waals surface area contributed by atoms with Gasteiger partial charge in [-0.25, -0.2) is 8.78 Å². The molecule has 2 aromatic rings. The smallest absolute Gasteiger partial charge is 0.147 e. The molecule has 0 atom stereocenters. The summed E-state index contributed by atoms with van der Waals surface area (Å²) in [5, 5.41) is 0.368. The van der Waals surface area contributed by atoms with Crippen LogP contribution in [-0.2, 0) is 13.0 Å². The van der Waals surface area contributed by atoms with Crippen LogP contribution < -0.4 is 5.73 Å². The van der Waals surface area contributed by atoms with Gasteiger partial charge >= 0.3 is 0 Å². The van der Waals surface area contributed by atoms with E-state index in [1.165, 1.54) is 0 Å². The predicted molar refractivity (Wildman–Crippen MR) is 60.3 cm³/mol. The van der Waals surface area contributed by atoms with E-state index in [1.807, 2.05) is 6.92 Å². The summed E-state index contributed by atoms with van der Waals surface area (Å²) in [7, 11) is 0. The number of aromatic nitrogens is 1. The summed E-state index contributed by atoms with van der Waals surface area (Å²) in [6.45, 7) is 2.94. The predicted octanol–water partition coefficient (Wildman–Crippen LogP) is 2.44. The highest BCUT2D eigenvalue weighted by molar-refractivity contribution is 5.85. The number of hydrogen-bond acceptors (Lipinski definition) is 1. The molecule has 2 nitrogen and oxygen atoms in total. The zero-order chi connectivity index (χ0) is 11.7. The molecule has 86 valence electrons. The molecule has 0 fully saturated rings. The van der Waals surface area contributed by atoms with Crippen molar-refractivity contribution >= 4 is 10.9 Å². The first-order chi connectivity index (χ1) is 7.69. The van der Waals surface area contributed by atoms with Crippen molar-refractivity contribution in [1.82, 2.24) is 4.57 Å². The van der Waals surface area contributed by atoms with Crippen molar-refractivity contribution in [3.63, 3.8) is 0 Å². The summed E-state index contributed by atoms with van der Waals surface area (Å²) < 4.78 is 29.0. The molecule has 16 heavy (non-hydrogen) atoms. The molecule has 0 bridgehead atoms. The minimum absolute atomic E-state index is 0.339. The third kappa shape index (κ3) is 1.59. The van der Waals surface area contributed by atoms with Crippen LogP contribution in [0.5, 0.6) is 0 Å². The molecule has 0 saturated heterocycles. The summed E-state index contributed by atoms with van der Waals surface area (Å²) >= 11 is 0. The lowest BCUT2D eigenvalue weighted by Gasteiger charge is -2.01. The zero-order valence-corrected chi connectivity index (χ0v) is 9.13. The summed E-state index contributed by atoms with van der Waals surface area (Å²) in [6.07, 6.45) is 2.34. The fourth-order valence-corrected chi connectivity index (χ4v) is 2.04. The number of aryl methyl sites for hydroxylation is 1. The SMILES string of the molecule is CCn1cc(CCN)c2c(F)ccc(F)c21.